The highest BCUT2D eigenvalue weighted by Gasteiger charge is 2.15. The van der Waals surface area contributed by atoms with Gasteiger partial charge in [0.1, 0.15) is 5.82 Å². The number of allylic oxidation sites excluding steroid dienone is 1. The van der Waals surface area contributed by atoms with E-state index in [1.807, 2.05) is 30.5 Å². The lowest BCUT2D eigenvalue weighted by Crippen LogP contribution is -2.44. The van der Waals surface area contributed by atoms with E-state index in [-0.39, 0.29) is 11.6 Å². The molecule has 124 valence electrons. The Bertz CT molecular complexity index is 720. The number of ketones is 1. The Morgan fingerprint density at radius 1 is 0.958 bits per heavy atom. The maximum atomic E-state index is 13.0. The Balaban J connectivity index is 1.54. The molecule has 24 heavy (non-hydrogen) atoms. The summed E-state index contributed by atoms with van der Waals surface area (Å²) in [5.74, 6) is -0.213. The second-order valence-electron chi connectivity index (χ2n) is 5.69. The fourth-order valence-electron chi connectivity index (χ4n) is 2.66. The summed E-state index contributed by atoms with van der Waals surface area (Å²) in [6.07, 6.45) is 3.49. The van der Waals surface area contributed by atoms with E-state index in [1.54, 1.807) is 18.2 Å². The van der Waals surface area contributed by atoms with Crippen LogP contribution in [-0.2, 0) is 0 Å². The zero-order chi connectivity index (χ0) is 16.9. The second kappa shape index (κ2) is 7.62. The van der Waals surface area contributed by atoms with E-state index in [1.165, 1.54) is 12.1 Å². The van der Waals surface area contributed by atoms with E-state index < -0.39 is 0 Å². The molecule has 0 radical (unpaired) electrons. The molecule has 0 N–H and O–H groups in total. The third-order valence-corrected chi connectivity index (χ3v) is 4.60. The lowest BCUT2D eigenvalue weighted by molar-refractivity contribution is 0.104. The number of hydrogen-bond donors (Lipinski definition) is 0. The molecule has 1 heterocycles. The Morgan fingerprint density at radius 2 is 1.58 bits per heavy atom. The van der Waals surface area contributed by atoms with E-state index in [4.69, 9.17) is 0 Å². The summed E-state index contributed by atoms with van der Waals surface area (Å²) in [6, 6.07) is 13.9. The van der Waals surface area contributed by atoms with Crippen molar-refractivity contribution in [2.45, 2.75) is 0 Å². The molecule has 5 heteroatoms. The summed E-state index contributed by atoms with van der Waals surface area (Å²) >= 11 is 3.36. The van der Waals surface area contributed by atoms with Crippen molar-refractivity contribution in [2.24, 2.45) is 0 Å². The highest BCUT2D eigenvalue weighted by atomic mass is 79.9. The van der Waals surface area contributed by atoms with Gasteiger partial charge >= 0.3 is 0 Å². The average Bonchev–Trinajstić information content (AvgIpc) is 2.61. The van der Waals surface area contributed by atoms with Gasteiger partial charge in [0.2, 0.25) is 0 Å². The van der Waals surface area contributed by atoms with E-state index in [0.717, 1.165) is 36.3 Å². The Hall–Kier alpha value is -2.14. The molecule has 3 rings (SSSR count). The Kier molecular flexibility index (Phi) is 5.30. The molecule has 0 aromatic heterocycles. The van der Waals surface area contributed by atoms with E-state index >= 15 is 0 Å². The number of anilines is 1. The molecule has 1 aliphatic heterocycles. The van der Waals surface area contributed by atoms with Crippen LogP contribution in [0.25, 0.3) is 0 Å². The predicted octanol–water partition coefficient (Wildman–Crippen LogP) is 4.11. The van der Waals surface area contributed by atoms with E-state index in [0.29, 0.717) is 5.56 Å². The van der Waals surface area contributed by atoms with Crippen molar-refractivity contribution >= 4 is 27.4 Å². The zero-order valence-corrected chi connectivity index (χ0v) is 14.7. The topological polar surface area (TPSA) is 23.6 Å². The first-order valence-electron chi connectivity index (χ1n) is 7.84. The van der Waals surface area contributed by atoms with Crippen molar-refractivity contribution in [3.05, 3.63) is 76.7 Å². The fourth-order valence-corrected chi connectivity index (χ4v) is 2.93. The van der Waals surface area contributed by atoms with Crippen LogP contribution in [0.15, 0.2) is 65.3 Å². The van der Waals surface area contributed by atoms with Gasteiger partial charge < -0.3 is 9.80 Å². The van der Waals surface area contributed by atoms with Gasteiger partial charge in [-0.1, -0.05) is 15.9 Å². The number of halogens is 2. The monoisotopic (exact) mass is 388 g/mol. The molecule has 0 aliphatic carbocycles. The molecule has 0 saturated carbocycles. The van der Waals surface area contributed by atoms with Crippen LogP contribution in [0.4, 0.5) is 10.1 Å². The minimum atomic E-state index is -0.216. The van der Waals surface area contributed by atoms with Crippen molar-refractivity contribution in [1.82, 2.24) is 4.90 Å². The number of rotatable bonds is 4. The van der Waals surface area contributed by atoms with Crippen molar-refractivity contribution in [1.29, 1.82) is 0 Å². The molecule has 1 aliphatic rings. The lowest BCUT2D eigenvalue weighted by Gasteiger charge is -2.35. The van der Waals surface area contributed by atoms with Crippen LogP contribution in [0, 0.1) is 5.82 Å². The molecule has 2 aromatic carbocycles. The normalized spacial score (nSPS) is 15.1. The van der Waals surface area contributed by atoms with Crippen LogP contribution in [0.2, 0.25) is 0 Å². The van der Waals surface area contributed by atoms with Crippen molar-refractivity contribution in [3.8, 4) is 0 Å². The Morgan fingerprint density at radius 3 is 2.21 bits per heavy atom. The average molecular weight is 389 g/mol. The van der Waals surface area contributed by atoms with Gasteiger partial charge in [0, 0.05) is 54.2 Å². The molecule has 1 fully saturated rings. The summed E-state index contributed by atoms with van der Waals surface area (Å²) < 4.78 is 13.9. The first-order valence-corrected chi connectivity index (χ1v) is 8.64. The van der Waals surface area contributed by atoms with Crippen molar-refractivity contribution in [2.75, 3.05) is 31.1 Å². The van der Waals surface area contributed by atoms with Crippen LogP contribution >= 0.6 is 15.9 Å². The summed E-state index contributed by atoms with van der Waals surface area (Å²) in [4.78, 5) is 16.5. The largest absolute Gasteiger partial charge is 0.374 e. The SMILES string of the molecule is O=C(/C=C/N1CCN(c2ccc(F)cc2)CC1)c1ccc(Br)cc1. The van der Waals surface area contributed by atoms with Crippen LogP contribution < -0.4 is 4.90 Å². The molecular formula is C19H18BrFN2O. The predicted molar refractivity (Wildman–Crippen MR) is 97.8 cm³/mol. The standard InChI is InChI=1S/C19H18BrFN2O/c20-16-3-1-15(2-4-16)19(24)9-10-22-11-13-23(14-12-22)18-7-5-17(21)6-8-18/h1-10H,11-14H2/b10-9+. The van der Waals surface area contributed by atoms with Gasteiger partial charge in [0.05, 0.1) is 0 Å². The van der Waals surface area contributed by atoms with Gasteiger partial charge in [-0.05, 0) is 48.5 Å². The molecule has 0 spiro atoms. The molecule has 0 unspecified atom stereocenters. The first kappa shape index (κ1) is 16.7. The molecular weight excluding hydrogens is 371 g/mol. The second-order valence-corrected chi connectivity index (χ2v) is 6.60. The smallest absolute Gasteiger partial charge is 0.187 e. The minimum Gasteiger partial charge on any atom is -0.374 e. The summed E-state index contributed by atoms with van der Waals surface area (Å²) in [5, 5.41) is 0. The summed E-state index contributed by atoms with van der Waals surface area (Å²) in [6.45, 7) is 3.37. The van der Waals surface area contributed by atoms with Crippen LogP contribution in [0.3, 0.4) is 0 Å². The third kappa shape index (κ3) is 4.23. The molecule has 0 bridgehead atoms. The Labute approximate surface area is 149 Å². The number of piperazine rings is 1. The third-order valence-electron chi connectivity index (χ3n) is 4.07. The van der Waals surface area contributed by atoms with Gasteiger partial charge in [0.25, 0.3) is 0 Å². The number of nitrogens with zero attached hydrogens (tertiary/aromatic N) is 2. The molecule has 0 atom stereocenters. The number of benzene rings is 2. The summed E-state index contributed by atoms with van der Waals surface area (Å²) in [7, 11) is 0. The van der Waals surface area contributed by atoms with Gasteiger partial charge in [-0.3, -0.25) is 4.79 Å². The number of carbonyl (C=O) groups is 1. The summed E-state index contributed by atoms with van der Waals surface area (Å²) in [5.41, 5.74) is 1.71. The molecule has 1 saturated heterocycles. The lowest BCUT2D eigenvalue weighted by atomic mass is 10.1. The van der Waals surface area contributed by atoms with Crippen LogP contribution in [0.5, 0.6) is 0 Å². The number of carbonyl (C=O) groups excluding carboxylic acids is 1. The fraction of sp³-hybridized carbons (Fsp3) is 0.211. The maximum absolute atomic E-state index is 13.0. The van der Waals surface area contributed by atoms with E-state index in [9.17, 15) is 9.18 Å². The zero-order valence-electron chi connectivity index (χ0n) is 13.2. The quantitative estimate of drug-likeness (QED) is 0.581. The number of hydrogen-bond acceptors (Lipinski definition) is 3. The highest BCUT2D eigenvalue weighted by Crippen LogP contribution is 2.17. The van der Waals surface area contributed by atoms with Gasteiger partial charge in [0.15, 0.2) is 5.78 Å². The van der Waals surface area contributed by atoms with Gasteiger partial charge in [-0.2, -0.15) is 0 Å². The first-order chi connectivity index (χ1) is 11.6. The van der Waals surface area contributed by atoms with Crippen LogP contribution in [-0.4, -0.2) is 36.9 Å². The van der Waals surface area contributed by atoms with Crippen LogP contribution in [0.1, 0.15) is 10.4 Å². The van der Waals surface area contributed by atoms with Crippen molar-refractivity contribution in [3.63, 3.8) is 0 Å². The van der Waals surface area contributed by atoms with Crippen molar-refractivity contribution < 1.29 is 9.18 Å². The van der Waals surface area contributed by atoms with E-state index in [2.05, 4.69) is 25.7 Å². The highest BCUT2D eigenvalue weighted by molar-refractivity contribution is 9.10. The minimum absolute atomic E-state index is 0.00321. The maximum Gasteiger partial charge on any atom is 0.187 e. The van der Waals surface area contributed by atoms with Gasteiger partial charge in [-0.15, -0.1) is 0 Å². The molecule has 3 nitrogen and oxygen atoms in total. The van der Waals surface area contributed by atoms with Gasteiger partial charge in [-0.25, -0.2) is 4.39 Å². The molecule has 2 aromatic rings. The molecule has 0 amide bonds.